The van der Waals surface area contributed by atoms with Crippen molar-refractivity contribution in [1.82, 2.24) is 15.1 Å². The van der Waals surface area contributed by atoms with Gasteiger partial charge in [-0.1, -0.05) is 48.5 Å². The fourth-order valence-corrected chi connectivity index (χ4v) is 3.36. The average molecular weight is 432 g/mol. The van der Waals surface area contributed by atoms with Crippen LogP contribution >= 0.6 is 0 Å². The lowest BCUT2D eigenvalue weighted by atomic mass is 10.1. The van der Waals surface area contributed by atoms with Crippen molar-refractivity contribution in [2.75, 3.05) is 12.3 Å². The highest BCUT2D eigenvalue weighted by molar-refractivity contribution is 7.85. The highest BCUT2D eigenvalue weighted by Gasteiger charge is 2.29. The van der Waals surface area contributed by atoms with Gasteiger partial charge >= 0.3 is 0 Å². The van der Waals surface area contributed by atoms with Gasteiger partial charge in [-0.25, -0.2) is 0 Å². The molecule has 0 spiro atoms. The molecule has 0 radical (unpaired) electrons. The number of para-hydroxylation sites is 1. The topological polar surface area (TPSA) is 111 Å². The van der Waals surface area contributed by atoms with Crippen LogP contribution in [-0.4, -0.2) is 46.6 Å². The normalized spacial score (nSPS) is 12.2. The number of rotatable bonds is 9. The van der Waals surface area contributed by atoms with Crippen molar-refractivity contribution < 1.29 is 22.5 Å². The first-order chi connectivity index (χ1) is 14.2. The number of nitrogens with zero attached hydrogens (tertiary/aromatic N) is 2. The van der Waals surface area contributed by atoms with Gasteiger partial charge in [0, 0.05) is 11.9 Å². The quantitative estimate of drug-likeness (QED) is 0.503. The lowest BCUT2D eigenvalue weighted by Crippen LogP contribution is -2.45. The average Bonchev–Trinajstić information content (AvgIpc) is 3.04. The minimum atomic E-state index is -4.14. The van der Waals surface area contributed by atoms with E-state index in [1.165, 1.54) is 0 Å². The first-order valence-corrected chi connectivity index (χ1v) is 11.1. The van der Waals surface area contributed by atoms with Gasteiger partial charge in [0.1, 0.15) is 5.60 Å². The molecule has 2 aromatic carbocycles. The lowest BCUT2D eigenvalue weighted by Gasteiger charge is -2.23. The molecular weight excluding hydrogens is 406 g/mol. The van der Waals surface area contributed by atoms with Crippen LogP contribution in [0, 0.1) is 0 Å². The number of carbonyl (C=O) groups excluding carboxylic acids is 1. The third-order valence-electron chi connectivity index (χ3n) is 4.67. The molecule has 0 fully saturated rings. The van der Waals surface area contributed by atoms with Gasteiger partial charge in [0.15, 0.2) is 0 Å². The molecule has 1 heterocycles. The first-order valence-electron chi connectivity index (χ1n) is 9.51. The molecule has 2 N–H and O–H groups in total. The van der Waals surface area contributed by atoms with E-state index in [4.69, 9.17) is 9.29 Å². The van der Waals surface area contributed by atoms with Crippen molar-refractivity contribution in [3.63, 3.8) is 0 Å². The Hall–Kier alpha value is -2.75. The number of hydrogen-bond acceptors (Lipinski definition) is 5. The first kappa shape index (κ1) is 21.9. The largest absolute Gasteiger partial charge is 0.359 e. The van der Waals surface area contributed by atoms with Gasteiger partial charge in [0.2, 0.25) is 0 Å². The Balaban J connectivity index is 1.71. The van der Waals surface area contributed by atoms with Gasteiger partial charge in [-0.05, 0) is 25.5 Å². The van der Waals surface area contributed by atoms with Crippen LogP contribution in [0.3, 0.4) is 0 Å². The Morgan fingerprint density at radius 3 is 2.50 bits per heavy atom. The van der Waals surface area contributed by atoms with E-state index in [-0.39, 0.29) is 13.2 Å². The molecule has 0 aliphatic heterocycles. The number of amides is 1. The summed E-state index contributed by atoms with van der Waals surface area (Å²) < 4.78 is 38.1. The summed E-state index contributed by atoms with van der Waals surface area (Å²) in [6.45, 7) is 3.72. The molecule has 0 aliphatic carbocycles. The molecule has 160 valence electrons. The smallest absolute Gasteiger partial charge is 0.266 e. The minimum absolute atomic E-state index is 0.112. The van der Waals surface area contributed by atoms with Crippen LogP contribution in [0.25, 0.3) is 10.9 Å². The van der Waals surface area contributed by atoms with Crippen molar-refractivity contribution >= 4 is 26.9 Å². The van der Waals surface area contributed by atoms with Gasteiger partial charge in [-0.15, -0.1) is 0 Å². The van der Waals surface area contributed by atoms with Crippen LogP contribution < -0.4 is 5.32 Å². The molecule has 0 bridgehead atoms. The Bertz CT molecular complexity index is 1120. The summed E-state index contributed by atoms with van der Waals surface area (Å²) in [5.41, 5.74) is 1.59. The van der Waals surface area contributed by atoms with Gasteiger partial charge in [0.05, 0.1) is 30.1 Å². The Labute approximate surface area is 175 Å². The number of ether oxygens (including phenoxy) is 1. The molecule has 0 aliphatic rings. The summed E-state index contributed by atoms with van der Waals surface area (Å²) in [7, 11) is -4.14. The maximum Gasteiger partial charge on any atom is 0.266 e. The van der Waals surface area contributed by atoms with E-state index in [0.717, 1.165) is 16.5 Å². The summed E-state index contributed by atoms with van der Waals surface area (Å²) in [4.78, 5) is 12.3. The van der Waals surface area contributed by atoms with Crippen LogP contribution in [-0.2, 0) is 32.8 Å². The van der Waals surface area contributed by atoms with Crippen molar-refractivity contribution in [3.8, 4) is 0 Å². The Kier molecular flexibility index (Phi) is 6.55. The van der Waals surface area contributed by atoms with Crippen LogP contribution in [0.5, 0.6) is 0 Å². The van der Waals surface area contributed by atoms with Crippen molar-refractivity contribution in [2.45, 2.75) is 32.6 Å². The molecule has 30 heavy (non-hydrogen) atoms. The van der Waals surface area contributed by atoms with Gasteiger partial charge in [0.25, 0.3) is 16.0 Å². The number of nitrogens with one attached hydrogen (secondary N) is 1. The van der Waals surface area contributed by atoms with Crippen LogP contribution in [0.4, 0.5) is 0 Å². The summed E-state index contributed by atoms with van der Waals surface area (Å²) >= 11 is 0. The summed E-state index contributed by atoms with van der Waals surface area (Å²) in [6, 6.07) is 17.8. The zero-order chi connectivity index (χ0) is 21.8. The number of carbonyl (C=O) groups is 1. The van der Waals surface area contributed by atoms with Gasteiger partial charge in [-0.2, -0.15) is 13.5 Å². The zero-order valence-electron chi connectivity index (χ0n) is 16.9. The molecule has 0 unspecified atom stereocenters. The highest BCUT2D eigenvalue weighted by Crippen LogP contribution is 2.22. The number of fused-ring (bicyclic) bond motifs is 1. The third-order valence-corrected chi connectivity index (χ3v) is 5.39. The second kappa shape index (κ2) is 8.95. The van der Waals surface area contributed by atoms with Crippen LogP contribution in [0.15, 0.2) is 54.6 Å². The molecular formula is C21H25N3O5S. The zero-order valence-corrected chi connectivity index (χ0v) is 17.7. The summed E-state index contributed by atoms with van der Waals surface area (Å²) in [5, 5.41) is 8.09. The second-order valence-electron chi connectivity index (χ2n) is 7.45. The molecule has 0 saturated carbocycles. The monoisotopic (exact) mass is 431 g/mol. The molecule has 0 saturated heterocycles. The maximum atomic E-state index is 12.3. The van der Waals surface area contributed by atoms with E-state index in [0.29, 0.717) is 12.2 Å². The van der Waals surface area contributed by atoms with Crippen molar-refractivity contribution in [3.05, 3.63) is 65.9 Å². The third kappa shape index (κ3) is 5.65. The van der Waals surface area contributed by atoms with Crippen molar-refractivity contribution in [1.29, 1.82) is 0 Å². The van der Waals surface area contributed by atoms with Crippen LogP contribution in [0.2, 0.25) is 0 Å². The SMILES string of the molecule is CC(C)(OCc1nn(Cc2ccccc2)c2ccccc12)C(=O)NCCS(=O)(=O)O. The Morgan fingerprint density at radius 2 is 1.80 bits per heavy atom. The second-order valence-corrected chi connectivity index (χ2v) is 9.02. The van der Waals surface area contributed by atoms with E-state index in [9.17, 15) is 13.2 Å². The molecule has 0 atom stereocenters. The van der Waals surface area contributed by atoms with E-state index < -0.39 is 27.4 Å². The van der Waals surface area contributed by atoms with E-state index in [2.05, 4.69) is 10.4 Å². The van der Waals surface area contributed by atoms with Crippen LogP contribution in [0.1, 0.15) is 25.1 Å². The molecule has 3 rings (SSSR count). The summed E-state index contributed by atoms with van der Waals surface area (Å²) in [6.07, 6.45) is 0. The minimum Gasteiger partial charge on any atom is -0.359 e. The predicted octanol–water partition coefficient (Wildman–Crippen LogP) is 2.38. The number of aromatic nitrogens is 2. The summed E-state index contributed by atoms with van der Waals surface area (Å²) in [5.74, 6) is -1.03. The number of hydrogen-bond donors (Lipinski definition) is 2. The van der Waals surface area contributed by atoms with Gasteiger partial charge in [-0.3, -0.25) is 14.0 Å². The standard InChI is InChI=1S/C21H25N3O5S/c1-21(2,20(25)22-12-13-30(26,27)28)29-15-18-17-10-6-7-11-19(17)24(23-18)14-16-8-4-3-5-9-16/h3-11H,12-15H2,1-2H3,(H,22,25)(H,26,27,28). The Morgan fingerprint density at radius 1 is 1.13 bits per heavy atom. The molecule has 9 heteroatoms. The molecule has 8 nitrogen and oxygen atoms in total. The fraction of sp³-hybridized carbons (Fsp3) is 0.333. The van der Waals surface area contributed by atoms with Gasteiger partial charge < -0.3 is 10.1 Å². The van der Waals surface area contributed by atoms with E-state index in [1.54, 1.807) is 13.8 Å². The lowest BCUT2D eigenvalue weighted by molar-refractivity contribution is -0.144. The maximum absolute atomic E-state index is 12.3. The molecule has 3 aromatic rings. The number of benzene rings is 2. The highest BCUT2D eigenvalue weighted by atomic mass is 32.2. The fourth-order valence-electron chi connectivity index (χ4n) is 3.00. The predicted molar refractivity (Wildman–Crippen MR) is 114 cm³/mol. The molecule has 1 aromatic heterocycles. The molecule has 1 amide bonds. The van der Waals surface area contributed by atoms with E-state index in [1.807, 2.05) is 59.3 Å². The van der Waals surface area contributed by atoms with Crippen molar-refractivity contribution in [2.24, 2.45) is 0 Å². The van der Waals surface area contributed by atoms with E-state index >= 15 is 0 Å².